The third-order valence-electron chi connectivity index (χ3n) is 2.85. The predicted molar refractivity (Wildman–Crippen MR) is 66.6 cm³/mol. The Morgan fingerprint density at radius 3 is 3.00 bits per heavy atom. The van der Waals surface area contributed by atoms with Crippen LogP contribution in [0.1, 0.15) is 18.6 Å². The number of hydrogen-bond donors (Lipinski definition) is 1. The van der Waals surface area contributed by atoms with E-state index in [1.165, 1.54) is 6.07 Å². The summed E-state index contributed by atoms with van der Waals surface area (Å²) in [6.45, 7) is 3.76. The summed E-state index contributed by atoms with van der Waals surface area (Å²) in [4.78, 5) is 2.83. The number of nitrogens with zero attached hydrogens (tertiary/aromatic N) is 1. The van der Waals surface area contributed by atoms with Gasteiger partial charge in [0.15, 0.2) is 0 Å². The molecule has 0 saturated carbocycles. The van der Waals surface area contributed by atoms with Crippen LogP contribution in [0.5, 0.6) is 5.75 Å². The average molecular weight is 255 g/mol. The lowest BCUT2D eigenvalue weighted by atomic mass is 10.1. The van der Waals surface area contributed by atoms with Gasteiger partial charge in [-0.1, -0.05) is 12.2 Å². The number of benzene rings is 1. The van der Waals surface area contributed by atoms with Crippen LogP contribution in [-0.2, 0) is 4.74 Å². The summed E-state index contributed by atoms with van der Waals surface area (Å²) < 4.78 is 18.5. The van der Waals surface area contributed by atoms with Gasteiger partial charge in [-0.15, -0.1) is 0 Å². The maximum absolute atomic E-state index is 12.9. The van der Waals surface area contributed by atoms with E-state index in [0.29, 0.717) is 18.7 Å². The molecule has 1 aliphatic heterocycles. The molecule has 1 fully saturated rings. The first-order chi connectivity index (χ1) is 8.08. The highest BCUT2D eigenvalue weighted by molar-refractivity contribution is 7.80. The van der Waals surface area contributed by atoms with Crippen LogP contribution >= 0.6 is 12.2 Å². The van der Waals surface area contributed by atoms with Gasteiger partial charge in [0.1, 0.15) is 17.7 Å². The van der Waals surface area contributed by atoms with Crippen LogP contribution in [0.3, 0.4) is 0 Å². The molecule has 1 N–H and O–H groups in total. The monoisotopic (exact) mass is 255 g/mol. The van der Waals surface area contributed by atoms with Crippen LogP contribution in [-0.4, -0.2) is 34.7 Å². The zero-order valence-corrected chi connectivity index (χ0v) is 10.3. The van der Waals surface area contributed by atoms with Crippen LogP contribution in [0.15, 0.2) is 18.2 Å². The minimum atomic E-state index is -0.454. The van der Waals surface area contributed by atoms with Crippen molar-refractivity contribution in [1.29, 1.82) is 0 Å². The number of hydrogen-bond acceptors (Lipinski definition) is 3. The van der Waals surface area contributed by atoms with E-state index in [2.05, 4.69) is 0 Å². The van der Waals surface area contributed by atoms with Crippen molar-refractivity contribution in [2.75, 3.05) is 19.7 Å². The Bertz CT molecular complexity index is 439. The smallest absolute Gasteiger partial charge is 0.126 e. The lowest BCUT2D eigenvalue weighted by Gasteiger charge is -2.34. The van der Waals surface area contributed by atoms with Gasteiger partial charge < -0.3 is 14.7 Å². The van der Waals surface area contributed by atoms with Crippen molar-refractivity contribution >= 4 is 17.2 Å². The molecule has 0 radical (unpaired) electrons. The highest BCUT2D eigenvalue weighted by Crippen LogP contribution is 2.30. The SMILES string of the molecule is CC(=S)N1CCOC(c2ccc(F)cc2O)C1. The van der Waals surface area contributed by atoms with Crippen molar-refractivity contribution in [3.05, 3.63) is 29.6 Å². The molecule has 1 saturated heterocycles. The Morgan fingerprint density at radius 1 is 1.59 bits per heavy atom. The van der Waals surface area contributed by atoms with Crippen LogP contribution in [0.25, 0.3) is 0 Å². The average Bonchev–Trinajstić information content (AvgIpc) is 2.29. The first kappa shape index (κ1) is 12.3. The first-order valence-electron chi connectivity index (χ1n) is 5.43. The molecule has 1 aromatic carbocycles. The molecule has 5 heteroatoms. The fourth-order valence-corrected chi connectivity index (χ4v) is 2.08. The zero-order valence-electron chi connectivity index (χ0n) is 9.52. The second-order valence-electron chi connectivity index (χ2n) is 4.03. The van der Waals surface area contributed by atoms with E-state index < -0.39 is 5.82 Å². The highest BCUT2D eigenvalue weighted by atomic mass is 32.1. The van der Waals surface area contributed by atoms with Gasteiger partial charge in [-0.3, -0.25) is 0 Å². The van der Waals surface area contributed by atoms with Crippen LogP contribution in [0.2, 0.25) is 0 Å². The van der Waals surface area contributed by atoms with Crippen LogP contribution in [0.4, 0.5) is 4.39 Å². The standard InChI is InChI=1S/C12H14FNO2S/c1-8(17)14-4-5-16-12(7-14)10-3-2-9(13)6-11(10)15/h2-3,6,12,15H,4-5,7H2,1H3. The zero-order chi connectivity index (χ0) is 12.4. The number of phenolic OH excluding ortho intramolecular Hbond substituents is 1. The van der Waals surface area contributed by atoms with Crippen molar-refractivity contribution in [3.63, 3.8) is 0 Å². The Hall–Kier alpha value is -1.20. The summed E-state index contributed by atoms with van der Waals surface area (Å²) in [5.41, 5.74) is 0.604. The first-order valence-corrected chi connectivity index (χ1v) is 5.84. The molecule has 1 atom stereocenters. The van der Waals surface area contributed by atoms with Gasteiger partial charge in [-0.2, -0.15) is 0 Å². The van der Waals surface area contributed by atoms with E-state index in [1.54, 1.807) is 6.07 Å². The molecule has 0 bridgehead atoms. The summed E-state index contributed by atoms with van der Waals surface area (Å²) in [7, 11) is 0. The van der Waals surface area contributed by atoms with Gasteiger partial charge in [0, 0.05) is 24.7 Å². The van der Waals surface area contributed by atoms with E-state index in [1.807, 2.05) is 11.8 Å². The Balaban J connectivity index is 2.19. The Morgan fingerprint density at radius 2 is 2.35 bits per heavy atom. The van der Waals surface area contributed by atoms with E-state index in [4.69, 9.17) is 17.0 Å². The maximum Gasteiger partial charge on any atom is 0.126 e. The summed E-state index contributed by atoms with van der Waals surface area (Å²) in [6, 6.07) is 3.97. The fraction of sp³-hybridized carbons (Fsp3) is 0.417. The third kappa shape index (κ3) is 2.73. The molecule has 2 rings (SSSR count). The summed E-state index contributed by atoms with van der Waals surface area (Å²) in [5, 5.41) is 9.70. The number of halogens is 1. The van der Waals surface area contributed by atoms with Crippen molar-refractivity contribution in [3.8, 4) is 5.75 Å². The van der Waals surface area contributed by atoms with Crippen LogP contribution < -0.4 is 0 Å². The van der Waals surface area contributed by atoms with Crippen LogP contribution in [0, 0.1) is 5.82 Å². The molecular weight excluding hydrogens is 241 g/mol. The highest BCUT2D eigenvalue weighted by Gasteiger charge is 2.24. The molecule has 0 spiro atoms. The summed E-state index contributed by atoms with van der Waals surface area (Å²) >= 11 is 5.12. The van der Waals surface area contributed by atoms with E-state index >= 15 is 0 Å². The van der Waals surface area contributed by atoms with Crippen molar-refractivity contribution in [2.45, 2.75) is 13.0 Å². The molecule has 1 aliphatic rings. The normalized spacial score (nSPS) is 20.4. The maximum atomic E-state index is 12.9. The minimum absolute atomic E-state index is 0.0705. The lowest BCUT2D eigenvalue weighted by Crippen LogP contribution is -2.40. The Labute approximate surface area is 105 Å². The largest absolute Gasteiger partial charge is 0.507 e. The summed E-state index contributed by atoms with van der Waals surface area (Å²) in [6.07, 6.45) is -0.262. The minimum Gasteiger partial charge on any atom is -0.507 e. The summed E-state index contributed by atoms with van der Waals surface area (Å²) in [5.74, 6) is -0.524. The van der Waals surface area contributed by atoms with Gasteiger partial charge in [-0.05, 0) is 19.1 Å². The molecule has 3 nitrogen and oxygen atoms in total. The molecule has 1 heterocycles. The molecule has 92 valence electrons. The molecule has 0 aromatic heterocycles. The molecular formula is C12H14FNO2S. The molecule has 0 aliphatic carbocycles. The van der Waals surface area contributed by atoms with E-state index in [-0.39, 0.29) is 11.9 Å². The number of rotatable bonds is 1. The van der Waals surface area contributed by atoms with Gasteiger partial charge in [0.2, 0.25) is 0 Å². The predicted octanol–water partition coefficient (Wildman–Crippen LogP) is 2.25. The Kier molecular flexibility index (Phi) is 3.59. The molecule has 1 unspecified atom stereocenters. The van der Waals surface area contributed by atoms with E-state index in [0.717, 1.165) is 17.6 Å². The number of morpholine rings is 1. The number of ether oxygens (including phenoxy) is 1. The molecule has 1 aromatic rings. The van der Waals surface area contributed by atoms with Gasteiger partial charge in [0.05, 0.1) is 11.6 Å². The van der Waals surface area contributed by atoms with Gasteiger partial charge in [0.25, 0.3) is 0 Å². The fourth-order valence-electron chi connectivity index (χ4n) is 1.91. The molecule has 0 amide bonds. The quantitative estimate of drug-likeness (QED) is 0.780. The number of thiocarbonyl (C=S) groups is 1. The number of aromatic hydroxyl groups is 1. The lowest BCUT2D eigenvalue weighted by molar-refractivity contribution is -0.00744. The van der Waals surface area contributed by atoms with Crippen molar-refractivity contribution < 1.29 is 14.2 Å². The van der Waals surface area contributed by atoms with Gasteiger partial charge in [-0.25, -0.2) is 4.39 Å². The molecule has 17 heavy (non-hydrogen) atoms. The van der Waals surface area contributed by atoms with Gasteiger partial charge >= 0.3 is 0 Å². The number of phenols is 1. The second kappa shape index (κ2) is 4.98. The van der Waals surface area contributed by atoms with Crippen molar-refractivity contribution in [1.82, 2.24) is 4.90 Å². The van der Waals surface area contributed by atoms with E-state index in [9.17, 15) is 9.50 Å². The third-order valence-corrected chi connectivity index (χ3v) is 3.11. The topological polar surface area (TPSA) is 32.7 Å². The second-order valence-corrected chi connectivity index (χ2v) is 4.62. The van der Waals surface area contributed by atoms with Crippen molar-refractivity contribution in [2.24, 2.45) is 0 Å².